The Morgan fingerprint density at radius 3 is 1.51 bits per heavy atom. The minimum absolute atomic E-state index is 0.137. The average molecular weight is 651 g/mol. The summed E-state index contributed by atoms with van der Waals surface area (Å²) in [5.74, 6) is -9.90. The zero-order valence-corrected chi connectivity index (χ0v) is 25.6. The van der Waals surface area contributed by atoms with Gasteiger partial charge in [-0.2, -0.15) is 0 Å². The van der Waals surface area contributed by atoms with Crippen LogP contribution in [0.1, 0.15) is 0 Å². The minimum Gasteiger partial charge on any atom is -0.310 e. The molecule has 0 spiro atoms. The van der Waals surface area contributed by atoms with Gasteiger partial charge in [0, 0.05) is 38.6 Å². The molecule has 49 heavy (non-hydrogen) atoms. The van der Waals surface area contributed by atoms with Crippen LogP contribution in [-0.4, -0.2) is 4.40 Å². The third-order valence-corrected chi connectivity index (χ3v) is 9.32. The minimum atomic E-state index is -2.19. The van der Waals surface area contributed by atoms with Crippen molar-refractivity contribution in [2.24, 2.45) is 0 Å². The molecule has 0 amide bonds. The number of hydrogen-bond acceptors (Lipinski definition) is 1. The fourth-order valence-electron chi connectivity index (χ4n) is 7.07. The number of benzene rings is 7. The molecule has 0 unspecified atom stereocenters. The first-order valence-electron chi connectivity index (χ1n) is 15.6. The summed E-state index contributed by atoms with van der Waals surface area (Å²) in [5, 5.41) is 4.56. The summed E-state index contributed by atoms with van der Waals surface area (Å²) in [6.07, 6.45) is 0. The van der Waals surface area contributed by atoms with Gasteiger partial charge in [0.2, 0.25) is 5.82 Å². The van der Waals surface area contributed by atoms with Crippen molar-refractivity contribution in [3.05, 3.63) is 169 Å². The zero-order chi connectivity index (χ0) is 33.4. The van der Waals surface area contributed by atoms with Crippen LogP contribution in [0.25, 0.3) is 60.3 Å². The smallest absolute Gasteiger partial charge is 0.200 e. The van der Waals surface area contributed by atoms with Crippen LogP contribution in [0.5, 0.6) is 0 Å². The van der Waals surface area contributed by atoms with Gasteiger partial charge in [-0.15, -0.1) is 0 Å². The molecule has 2 aromatic heterocycles. The highest BCUT2D eigenvalue weighted by atomic mass is 19.2. The topological polar surface area (TPSA) is 7.65 Å². The molecular formula is C42H23F5N2. The van der Waals surface area contributed by atoms with E-state index in [9.17, 15) is 22.0 Å². The molecule has 0 fully saturated rings. The van der Waals surface area contributed by atoms with Crippen LogP contribution in [0.3, 0.4) is 0 Å². The highest BCUT2D eigenvalue weighted by Crippen LogP contribution is 2.43. The van der Waals surface area contributed by atoms with Crippen LogP contribution in [0.2, 0.25) is 0 Å². The molecule has 7 aromatic carbocycles. The Morgan fingerprint density at radius 2 is 0.857 bits per heavy atom. The van der Waals surface area contributed by atoms with E-state index in [0.717, 1.165) is 55.2 Å². The van der Waals surface area contributed by atoms with Gasteiger partial charge in [-0.3, -0.25) is 0 Å². The third-order valence-electron chi connectivity index (χ3n) is 9.32. The second kappa shape index (κ2) is 10.9. The number of fused-ring (bicyclic) bond motifs is 6. The lowest BCUT2D eigenvalue weighted by Crippen LogP contribution is -2.10. The monoisotopic (exact) mass is 650 g/mol. The SMILES string of the molecule is Fc1c(F)c(F)c(-c2ccc(N(c3ccc(-c4ccccc4)cc3)c3ccc4c5cccc6c7ccccc7n(c4c3)c65)cc2)c(F)c1F. The molecule has 0 aliphatic heterocycles. The van der Waals surface area contributed by atoms with Crippen molar-refractivity contribution < 1.29 is 22.0 Å². The fraction of sp³-hybridized carbons (Fsp3) is 0. The Kier molecular flexibility index (Phi) is 6.46. The van der Waals surface area contributed by atoms with Gasteiger partial charge in [0.15, 0.2) is 23.3 Å². The number of para-hydroxylation sites is 2. The van der Waals surface area contributed by atoms with Crippen molar-refractivity contribution in [2.45, 2.75) is 0 Å². The van der Waals surface area contributed by atoms with E-state index in [0.29, 0.717) is 5.69 Å². The van der Waals surface area contributed by atoms with Gasteiger partial charge in [0.05, 0.1) is 22.1 Å². The number of halogens is 5. The second-order valence-electron chi connectivity index (χ2n) is 12.0. The molecule has 0 N–H and O–H groups in total. The van der Waals surface area contributed by atoms with E-state index in [4.69, 9.17) is 0 Å². The summed E-state index contributed by atoms with van der Waals surface area (Å²) in [5.41, 5.74) is 6.46. The predicted octanol–water partition coefficient (Wildman–Crippen LogP) is 12.3. The van der Waals surface area contributed by atoms with Crippen molar-refractivity contribution >= 4 is 55.2 Å². The van der Waals surface area contributed by atoms with E-state index in [2.05, 4.69) is 46.9 Å². The standard InChI is InChI=1S/C42H23F5N2/c43-37-36(38(44)40(46)41(47)39(37)45)26-15-19-28(20-16-26)48(27-17-13-25(14-18-27)24-7-2-1-3-8-24)29-21-22-31-33-11-6-10-32-30-9-4-5-12-34(30)49(42(32)33)35(31)23-29/h1-23H. The van der Waals surface area contributed by atoms with Gasteiger partial charge in [-0.25, -0.2) is 22.0 Å². The second-order valence-corrected chi connectivity index (χ2v) is 12.0. The maximum atomic E-state index is 14.7. The quantitative estimate of drug-likeness (QED) is 0.102. The first kappa shape index (κ1) is 29.0. The molecule has 0 radical (unpaired) electrons. The number of rotatable bonds is 5. The van der Waals surface area contributed by atoms with Crippen molar-refractivity contribution in [2.75, 3.05) is 4.90 Å². The van der Waals surface area contributed by atoms with Crippen LogP contribution in [0.15, 0.2) is 140 Å². The number of aromatic nitrogens is 1. The zero-order valence-electron chi connectivity index (χ0n) is 25.6. The lowest BCUT2D eigenvalue weighted by molar-refractivity contribution is 0.381. The van der Waals surface area contributed by atoms with Crippen molar-refractivity contribution in [1.29, 1.82) is 0 Å². The molecule has 0 saturated carbocycles. The summed E-state index contributed by atoms with van der Waals surface area (Å²) in [4.78, 5) is 2.00. The summed E-state index contributed by atoms with van der Waals surface area (Å²) in [6.45, 7) is 0. The fourth-order valence-corrected chi connectivity index (χ4v) is 7.07. The molecular weight excluding hydrogens is 627 g/mol. The maximum absolute atomic E-state index is 14.7. The normalized spacial score (nSPS) is 11.8. The van der Waals surface area contributed by atoms with Crippen molar-refractivity contribution in [1.82, 2.24) is 4.40 Å². The Balaban J connectivity index is 1.24. The van der Waals surface area contributed by atoms with Crippen molar-refractivity contribution in [3.63, 3.8) is 0 Å². The maximum Gasteiger partial charge on any atom is 0.200 e. The molecule has 0 saturated heterocycles. The molecule has 0 atom stereocenters. The van der Waals surface area contributed by atoms with Gasteiger partial charge in [0.25, 0.3) is 0 Å². The van der Waals surface area contributed by atoms with Crippen molar-refractivity contribution in [3.8, 4) is 22.3 Å². The molecule has 0 aliphatic carbocycles. The van der Waals surface area contributed by atoms with Gasteiger partial charge in [0.1, 0.15) is 0 Å². The number of nitrogens with zero attached hydrogens (tertiary/aromatic N) is 2. The van der Waals surface area contributed by atoms with Gasteiger partial charge < -0.3 is 9.30 Å². The average Bonchev–Trinajstić information content (AvgIpc) is 3.67. The lowest BCUT2D eigenvalue weighted by atomic mass is 10.0. The number of anilines is 3. The van der Waals surface area contributed by atoms with Crippen LogP contribution in [-0.2, 0) is 0 Å². The predicted molar refractivity (Wildman–Crippen MR) is 186 cm³/mol. The number of hydrogen-bond donors (Lipinski definition) is 0. The lowest BCUT2D eigenvalue weighted by Gasteiger charge is -2.26. The summed E-state index contributed by atoms with van der Waals surface area (Å²) < 4.78 is 73.7. The summed E-state index contributed by atoms with van der Waals surface area (Å²) >= 11 is 0. The van der Waals surface area contributed by atoms with Crippen LogP contribution >= 0.6 is 0 Å². The van der Waals surface area contributed by atoms with E-state index < -0.39 is 34.6 Å². The highest BCUT2D eigenvalue weighted by Gasteiger charge is 2.27. The van der Waals surface area contributed by atoms with Gasteiger partial charge in [-0.05, 0) is 59.2 Å². The van der Waals surface area contributed by atoms with Gasteiger partial charge in [-0.1, -0.05) is 97.1 Å². The van der Waals surface area contributed by atoms with E-state index >= 15 is 0 Å². The Hall–Kier alpha value is -6.21. The first-order chi connectivity index (χ1) is 23.9. The van der Waals surface area contributed by atoms with E-state index in [1.165, 1.54) is 17.5 Å². The van der Waals surface area contributed by atoms with Crippen LogP contribution in [0, 0.1) is 29.1 Å². The molecule has 9 aromatic rings. The highest BCUT2D eigenvalue weighted by molar-refractivity contribution is 6.23. The van der Waals surface area contributed by atoms with Crippen LogP contribution in [0.4, 0.5) is 39.0 Å². The summed E-state index contributed by atoms with van der Waals surface area (Å²) in [7, 11) is 0. The Morgan fingerprint density at radius 1 is 0.367 bits per heavy atom. The Bertz CT molecular complexity index is 2670. The largest absolute Gasteiger partial charge is 0.310 e. The Labute approximate surface area is 276 Å². The molecule has 9 rings (SSSR count). The molecule has 2 nitrogen and oxygen atoms in total. The molecule has 0 aliphatic rings. The van der Waals surface area contributed by atoms with Crippen LogP contribution < -0.4 is 4.90 Å². The first-order valence-corrected chi connectivity index (χ1v) is 15.6. The van der Waals surface area contributed by atoms with E-state index in [1.54, 1.807) is 12.1 Å². The summed E-state index contributed by atoms with van der Waals surface area (Å²) in [6, 6.07) is 44.8. The molecule has 236 valence electrons. The van der Waals surface area contributed by atoms with E-state index in [1.807, 2.05) is 77.7 Å². The third kappa shape index (κ3) is 4.32. The molecule has 2 heterocycles. The van der Waals surface area contributed by atoms with Gasteiger partial charge >= 0.3 is 0 Å². The molecule has 7 heteroatoms. The van der Waals surface area contributed by atoms with E-state index in [-0.39, 0.29) is 5.56 Å². The molecule has 0 bridgehead atoms.